The molecule has 0 saturated heterocycles. The van der Waals surface area contributed by atoms with Crippen LogP contribution in [-0.4, -0.2) is 34.3 Å². The van der Waals surface area contributed by atoms with E-state index in [0.717, 1.165) is 11.1 Å². The fourth-order valence-electron chi connectivity index (χ4n) is 3.70. The Labute approximate surface area is 188 Å². The molecule has 168 valence electrons. The van der Waals surface area contributed by atoms with Gasteiger partial charge in [0.05, 0.1) is 11.5 Å². The summed E-state index contributed by atoms with van der Waals surface area (Å²) in [5.41, 5.74) is 2.14. The summed E-state index contributed by atoms with van der Waals surface area (Å²) in [6, 6.07) is 20.0. The molecule has 0 aromatic heterocycles. The van der Waals surface area contributed by atoms with E-state index in [-0.39, 0.29) is 22.1 Å². The number of rotatable bonds is 7. The molecule has 0 unspecified atom stereocenters. The number of para-hydroxylation sites is 1. The summed E-state index contributed by atoms with van der Waals surface area (Å²) >= 11 is 0. The van der Waals surface area contributed by atoms with Gasteiger partial charge in [-0.2, -0.15) is 4.31 Å². The van der Waals surface area contributed by atoms with E-state index in [2.05, 4.69) is 4.72 Å². The number of anilines is 1. The van der Waals surface area contributed by atoms with Crippen molar-refractivity contribution < 1.29 is 21.6 Å². The molecule has 0 fully saturated rings. The Morgan fingerprint density at radius 3 is 2.38 bits per heavy atom. The van der Waals surface area contributed by atoms with Crippen LogP contribution in [0.4, 0.5) is 5.69 Å². The lowest BCUT2D eigenvalue weighted by molar-refractivity contribution is 0.331. The average molecular weight is 473 g/mol. The summed E-state index contributed by atoms with van der Waals surface area (Å²) in [6.45, 7) is 2.68. The molecule has 0 amide bonds. The Morgan fingerprint density at radius 2 is 1.62 bits per heavy atom. The summed E-state index contributed by atoms with van der Waals surface area (Å²) in [4.78, 5) is 0.292. The Balaban J connectivity index is 1.60. The molecular formula is C23H24N2O5S2. The first-order valence-electron chi connectivity index (χ1n) is 10.2. The minimum Gasteiger partial charge on any atom is -0.492 e. The lowest BCUT2D eigenvalue weighted by Gasteiger charge is -2.28. The summed E-state index contributed by atoms with van der Waals surface area (Å²) in [5.74, 6) is 0.278. The van der Waals surface area contributed by atoms with Crippen LogP contribution >= 0.6 is 0 Å². The second-order valence-electron chi connectivity index (χ2n) is 7.37. The molecule has 0 saturated carbocycles. The molecule has 3 aromatic carbocycles. The van der Waals surface area contributed by atoms with Gasteiger partial charge in [0, 0.05) is 18.8 Å². The van der Waals surface area contributed by atoms with Crippen molar-refractivity contribution in [2.45, 2.75) is 29.7 Å². The van der Waals surface area contributed by atoms with Crippen molar-refractivity contribution >= 4 is 25.7 Å². The molecule has 0 aliphatic carbocycles. The summed E-state index contributed by atoms with van der Waals surface area (Å²) in [7, 11) is -7.51. The Hall–Kier alpha value is -2.88. The van der Waals surface area contributed by atoms with E-state index < -0.39 is 20.0 Å². The standard InChI is InChI=1S/C23H24N2O5S2/c1-2-30-22-10-6-7-11-23(22)31(26,27)24-20-13-12-18-14-15-25(17-19(18)16-20)32(28,29)21-8-4-3-5-9-21/h3-13,16,24H,2,14-15,17H2,1H3. The molecule has 1 heterocycles. The van der Waals surface area contributed by atoms with Gasteiger partial charge in [0.1, 0.15) is 10.6 Å². The molecule has 7 nitrogen and oxygen atoms in total. The average Bonchev–Trinajstić information content (AvgIpc) is 2.79. The zero-order valence-electron chi connectivity index (χ0n) is 17.6. The van der Waals surface area contributed by atoms with Crippen LogP contribution in [0.5, 0.6) is 5.75 Å². The first kappa shape index (κ1) is 22.3. The van der Waals surface area contributed by atoms with Gasteiger partial charge < -0.3 is 4.74 Å². The highest BCUT2D eigenvalue weighted by atomic mass is 32.2. The van der Waals surface area contributed by atoms with Gasteiger partial charge >= 0.3 is 0 Å². The highest BCUT2D eigenvalue weighted by Gasteiger charge is 2.28. The van der Waals surface area contributed by atoms with Crippen molar-refractivity contribution in [1.29, 1.82) is 0 Å². The second-order valence-corrected chi connectivity index (χ2v) is 11.0. The van der Waals surface area contributed by atoms with E-state index in [1.54, 1.807) is 67.6 Å². The van der Waals surface area contributed by atoms with Crippen LogP contribution in [0.15, 0.2) is 82.6 Å². The third kappa shape index (κ3) is 4.50. The first-order valence-corrected chi connectivity index (χ1v) is 13.2. The third-order valence-corrected chi connectivity index (χ3v) is 8.54. The summed E-state index contributed by atoms with van der Waals surface area (Å²) in [6.07, 6.45) is 0.557. The van der Waals surface area contributed by atoms with E-state index in [1.807, 2.05) is 6.07 Å². The molecule has 1 N–H and O–H groups in total. The number of nitrogens with one attached hydrogen (secondary N) is 1. The maximum absolute atomic E-state index is 13.0. The van der Waals surface area contributed by atoms with Gasteiger partial charge in [0.15, 0.2) is 0 Å². The maximum atomic E-state index is 13.0. The third-order valence-electron chi connectivity index (χ3n) is 5.26. The van der Waals surface area contributed by atoms with Gasteiger partial charge in [-0.15, -0.1) is 0 Å². The van der Waals surface area contributed by atoms with Gasteiger partial charge in [0.2, 0.25) is 10.0 Å². The SMILES string of the molecule is CCOc1ccccc1S(=O)(=O)Nc1ccc2c(c1)CN(S(=O)(=O)c1ccccc1)CC2. The number of ether oxygens (including phenoxy) is 1. The monoisotopic (exact) mass is 472 g/mol. The molecule has 1 aliphatic rings. The van der Waals surface area contributed by atoms with Gasteiger partial charge in [-0.25, -0.2) is 16.8 Å². The largest absolute Gasteiger partial charge is 0.492 e. The van der Waals surface area contributed by atoms with Crippen LogP contribution in [0, 0.1) is 0 Å². The van der Waals surface area contributed by atoms with Gasteiger partial charge in [-0.3, -0.25) is 4.72 Å². The van der Waals surface area contributed by atoms with Crippen LogP contribution < -0.4 is 9.46 Å². The molecule has 0 radical (unpaired) electrons. The fraction of sp³-hybridized carbons (Fsp3) is 0.217. The number of sulfonamides is 2. The number of hydrogen-bond acceptors (Lipinski definition) is 5. The molecule has 0 spiro atoms. The molecule has 32 heavy (non-hydrogen) atoms. The van der Waals surface area contributed by atoms with Crippen molar-refractivity contribution in [3.05, 3.63) is 83.9 Å². The van der Waals surface area contributed by atoms with E-state index in [0.29, 0.717) is 25.3 Å². The van der Waals surface area contributed by atoms with Gasteiger partial charge in [0.25, 0.3) is 10.0 Å². The van der Waals surface area contributed by atoms with Crippen LogP contribution in [-0.2, 0) is 33.0 Å². The van der Waals surface area contributed by atoms with E-state index in [9.17, 15) is 16.8 Å². The second kappa shape index (κ2) is 8.93. The summed E-state index contributed by atoms with van der Waals surface area (Å²) < 4.78 is 61.4. The van der Waals surface area contributed by atoms with Crippen molar-refractivity contribution in [3.63, 3.8) is 0 Å². The highest BCUT2D eigenvalue weighted by molar-refractivity contribution is 7.92. The molecule has 0 atom stereocenters. The lowest BCUT2D eigenvalue weighted by Crippen LogP contribution is -2.36. The number of benzene rings is 3. The number of fused-ring (bicyclic) bond motifs is 1. The predicted molar refractivity (Wildman–Crippen MR) is 123 cm³/mol. The van der Waals surface area contributed by atoms with Crippen LogP contribution in [0.25, 0.3) is 0 Å². The van der Waals surface area contributed by atoms with E-state index >= 15 is 0 Å². The molecule has 3 aromatic rings. The predicted octanol–water partition coefficient (Wildman–Crippen LogP) is 3.63. The van der Waals surface area contributed by atoms with E-state index in [4.69, 9.17) is 4.74 Å². The lowest BCUT2D eigenvalue weighted by atomic mass is 10.0. The summed E-state index contributed by atoms with van der Waals surface area (Å²) in [5, 5.41) is 0. The first-order chi connectivity index (χ1) is 15.3. The Bertz CT molecular complexity index is 1320. The minimum atomic E-state index is -3.88. The normalized spacial score (nSPS) is 14.5. The molecule has 1 aliphatic heterocycles. The zero-order chi connectivity index (χ0) is 22.8. The van der Waals surface area contributed by atoms with Crippen molar-refractivity contribution in [1.82, 2.24) is 4.31 Å². The zero-order valence-corrected chi connectivity index (χ0v) is 19.2. The Kier molecular flexibility index (Phi) is 6.23. The number of hydrogen-bond donors (Lipinski definition) is 1. The van der Waals surface area contributed by atoms with Crippen LogP contribution in [0.3, 0.4) is 0 Å². The van der Waals surface area contributed by atoms with Crippen molar-refractivity contribution in [2.75, 3.05) is 17.9 Å². The molecular weight excluding hydrogens is 448 g/mol. The van der Waals surface area contributed by atoms with Crippen molar-refractivity contribution in [3.8, 4) is 5.75 Å². The quantitative estimate of drug-likeness (QED) is 0.567. The topological polar surface area (TPSA) is 92.8 Å². The van der Waals surface area contributed by atoms with Crippen LogP contribution in [0.2, 0.25) is 0 Å². The van der Waals surface area contributed by atoms with E-state index in [1.165, 1.54) is 10.4 Å². The molecule has 0 bridgehead atoms. The molecule has 4 rings (SSSR count). The maximum Gasteiger partial charge on any atom is 0.265 e. The van der Waals surface area contributed by atoms with Gasteiger partial charge in [-0.05, 0) is 60.9 Å². The van der Waals surface area contributed by atoms with Gasteiger partial charge in [-0.1, -0.05) is 36.4 Å². The Morgan fingerprint density at radius 1 is 0.906 bits per heavy atom. The minimum absolute atomic E-state index is 0.0489. The molecule has 9 heteroatoms. The highest BCUT2D eigenvalue weighted by Crippen LogP contribution is 2.29. The van der Waals surface area contributed by atoms with Crippen LogP contribution in [0.1, 0.15) is 18.1 Å². The smallest absolute Gasteiger partial charge is 0.265 e. The van der Waals surface area contributed by atoms with Crippen molar-refractivity contribution in [2.24, 2.45) is 0 Å². The fourth-order valence-corrected chi connectivity index (χ4v) is 6.34. The number of nitrogens with zero attached hydrogens (tertiary/aromatic N) is 1.